The Morgan fingerprint density at radius 2 is 1.93 bits per heavy atom. The summed E-state index contributed by atoms with van der Waals surface area (Å²) in [6, 6.07) is 8.35. The number of halogens is 1. The lowest BCUT2D eigenvalue weighted by Crippen LogP contribution is -2.46. The van der Waals surface area contributed by atoms with Crippen molar-refractivity contribution < 1.29 is 4.79 Å². The Labute approximate surface area is 164 Å². The molecule has 2 heterocycles. The fraction of sp³-hybridized carbons (Fsp3) is 0.450. The van der Waals surface area contributed by atoms with Crippen molar-refractivity contribution in [1.29, 1.82) is 0 Å². The van der Waals surface area contributed by atoms with Crippen LogP contribution >= 0.6 is 11.6 Å². The predicted molar refractivity (Wildman–Crippen MR) is 106 cm³/mol. The normalized spacial score (nSPS) is 25.9. The number of carbonyl (C=O) groups is 1. The third-order valence-electron chi connectivity index (χ3n) is 6.08. The Kier molecular flexibility index (Phi) is 5.02. The molecule has 6 nitrogen and oxygen atoms in total. The van der Waals surface area contributed by atoms with E-state index in [4.69, 9.17) is 17.3 Å². The molecule has 2 aliphatic rings. The first-order chi connectivity index (χ1) is 13.1. The molecule has 2 N–H and O–H groups in total. The highest BCUT2D eigenvalue weighted by molar-refractivity contribution is 6.30. The van der Waals surface area contributed by atoms with E-state index in [9.17, 15) is 4.79 Å². The third kappa shape index (κ3) is 3.39. The van der Waals surface area contributed by atoms with E-state index < -0.39 is 0 Å². The number of amides is 2. The molecule has 0 unspecified atom stereocenters. The van der Waals surface area contributed by atoms with Crippen molar-refractivity contribution in [3.05, 3.63) is 53.6 Å². The monoisotopic (exact) mass is 385 g/mol. The minimum atomic E-state index is -0.0445. The van der Waals surface area contributed by atoms with Gasteiger partial charge in [0.25, 0.3) is 0 Å². The van der Waals surface area contributed by atoms with Gasteiger partial charge in [0, 0.05) is 36.1 Å². The van der Waals surface area contributed by atoms with Gasteiger partial charge in [0.15, 0.2) is 0 Å². The Morgan fingerprint density at radius 1 is 1.19 bits per heavy atom. The topological polar surface area (TPSA) is 75.3 Å². The molecule has 1 saturated carbocycles. The summed E-state index contributed by atoms with van der Waals surface area (Å²) in [4.78, 5) is 24.7. The van der Waals surface area contributed by atoms with Crippen LogP contribution in [0.4, 0.5) is 10.5 Å². The summed E-state index contributed by atoms with van der Waals surface area (Å²) >= 11 is 6.20. The molecule has 0 bridgehead atoms. The summed E-state index contributed by atoms with van der Waals surface area (Å²) in [5.74, 6) is 0. The minimum absolute atomic E-state index is 0.0445. The van der Waals surface area contributed by atoms with Crippen LogP contribution in [-0.2, 0) is 5.41 Å². The number of anilines is 1. The lowest BCUT2D eigenvalue weighted by molar-refractivity contribution is 0.156. The summed E-state index contributed by atoms with van der Waals surface area (Å²) in [5, 5.41) is 0.748. The number of nitrogens with zero attached hydrogens (tertiary/aromatic N) is 4. The van der Waals surface area contributed by atoms with E-state index in [1.807, 2.05) is 23.1 Å². The van der Waals surface area contributed by atoms with Crippen LogP contribution in [0, 0.1) is 0 Å². The number of urea groups is 1. The van der Waals surface area contributed by atoms with Crippen molar-refractivity contribution in [2.45, 2.75) is 37.1 Å². The van der Waals surface area contributed by atoms with Crippen molar-refractivity contribution in [3.8, 4) is 0 Å². The largest absolute Gasteiger partial charge is 0.330 e. The van der Waals surface area contributed by atoms with Gasteiger partial charge in [0.1, 0.15) is 6.33 Å². The molecule has 2 aromatic rings. The Hall–Kier alpha value is -2.18. The number of nitrogens with two attached hydrogens (primary N) is 1. The highest BCUT2D eigenvalue weighted by Crippen LogP contribution is 2.41. The van der Waals surface area contributed by atoms with E-state index in [0.717, 1.165) is 42.9 Å². The van der Waals surface area contributed by atoms with Crippen molar-refractivity contribution in [2.24, 2.45) is 5.73 Å². The second-order valence-electron chi connectivity index (χ2n) is 7.45. The smallest absolute Gasteiger partial charge is 0.324 e. The summed E-state index contributed by atoms with van der Waals surface area (Å²) in [6.07, 6.45) is 8.69. The fourth-order valence-electron chi connectivity index (χ4n) is 4.46. The summed E-state index contributed by atoms with van der Waals surface area (Å²) in [5.41, 5.74) is 8.13. The van der Waals surface area contributed by atoms with Crippen LogP contribution in [0.15, 0.2) is 43.0 Å². The van der Waals surface area contributed by atoms with Gasteiger partial charge in [-0.1, -0.05) is 23.7 Å². The van der Waals surface area contributed by atoms with E-state index in [1.54, 1.807) is 17.3 Å². The van der Waals surface area contributed by atoms with Gasteiger partial charge in [-0.25, -0.2) is 14.8 Å². The van der Waals surface area contributed by atoms with Crippen LogP contribution < -0.4 is 10.6 Å². The molecule has 1 aliphatic carbocycles. The van der Waals surface area contributed by atoms with Gasteiger partial charge in [-0.3, -0.25) is 4.90 Å². The van der Waals surface area contributed by atoms with Gasteiger partial charge < -0.3 is 10.6 Å². The molecule has 27 heavy (non-hydrogen) atoms. The number of hydrogen-bond acceptors (Lipinski definition) is 4. The Bertz CT molecular complexity index is 807. The molecule has 1 aliphatic heterocycles. The second-order valence-corrected chi connectivity index (χ2v) is 7.89. The molecular weight excluding hydrogens is 362 g/mol. The van der Waals surface area contributed by atoms with Crippen LogP contribution in [0.3, 0.4) is 0 Å². The lowest BCUT2D eigenvalue weighted by Gasteiger charge is -2.42. The highest BCUT2D eigenvalue weighted by Gasteiger charge is 2.41. The van der Waals surface area contributed by atoms with E-state index >= 15 is 0 Å². The van der Waals surface area contributed by atoms with Crippen LogP contribution in [0.25, 0.3) is 0 Å². The SMILES string of the molecule is NC[C@]1(c2cccc(Cl)c2)CC[C@H](N2CCN(c3cncnc3)C2=O)CC1. The van der Waals surface area contributed by atoms with Crippen molar-refractivity contribution >= 4 is 23.3 Å². The maximum absolute atomic E-state index is 12.9. The number of rotatable bonds is 4. The predicted octanol–water partition coefficient (Wildman–Crippen LogP) is 3.21. The molecule has 2 fully saturated rings. The molecule has 0 radical (unpaired) electrons. The second kappa shape index (κ2) is 7.44. The molecule has 1 aromatic carbocycles. The summed E-state index contributed by atoms with van der Waals surface area (Å²) < 4.78 is 0. The van der Waals surface area contributed by atoms with Gasteiger partial charge in [0.2, 0.25) is 0 Å². The molecule has 1 aromatic heterocycles. The fourth-order valence-corrected chi connectivity index (χ4v) is 4.65. The van der Waals surface area contributed by atoms with Crippen molar-refractivity contribution in [2.75, 3.05) is 24.5 Å². The number of carbonyl (C=O) groups excluding carboxylic acids is 1. The van der Waals surface area contributed by atoms with Crippen molar-refractivity contribution in [3.63, 3.8) is 0 Å². The maximum atomic E-state index is 12.9. The number of hydrogen-bond donors (Lipinski definition) is 1. The molecule has 7 heteroatoms. The van der Waals surface area contributed by atoms with Gasteiger partial charge in [-0.2, -0.15) is 0 Å². The Morgan fingerprint density at radius 3 is 2.59 bits per heavy atom. The summed E-state index contributed by atoms with van der Waals surface area (Å²) in [6.45, 7) is 2.02. The lowest BCUT2D eigenvalue weighted by atomic mass is 9.68. The van der Waals surface area contributed by atoms with Crippen LogP contribution in [0.5, 0.6) is 0 Å². The van der Waals surface area contributed by atoms with E-state index in [2.05, 4.69) is 16.0 Å². The van der Waals surface area contributed by atoms with E-state index in [1.165, 1.54) is 11.9 Å². The average Bonchev–Trinajstić information content (AvgIpc) is 3.10. The molecule has 0 atom stereocenters. The van der Waals surface area contributed by atoms with E-state index in [-0.39, 0.29) is 17.5 Å². The maximum Gasteiger partial charge on any atom is 0.324 e. The zero-order valence-electron chi connectivity index (χ0n) is 15.2. The zero-order valence-corrected chi connectivity index (χ0v) is 16.0. The molecule has 2 amide bonds. The molecule has 1 saturated heterocycles. The quantitative estimate of drug-likeness (QED) is 0.876. The number of benzene rings is 1. The number of aromatic nitrogens is 2. The zero-order chi connectivity index (χ0) is 18.9. The first-order valence-electron chi connectivity index (χ1n) is 9.42. The average molecular weight is 386 g/mol. The molecule has 4 rings (SSSR count). The van der Waals surface area contributed by atoms with Gasteiger partial charge >= 0.3 is 6.03 Å². The van der Waals surface area contributed by atoms with Crippen LogP contribution in [0.2, 0.25) is 5.02 Å². The van der Waals surface area contributed by atoms with E-state index in [0.29, 0.717) is 13.1 Å². The molecule has 142 valence electrons. The first-order valence-corrected chi connectivity index (χ1v) is 9.80. The summed E-state index contributed by atoms with van der Waals surface area (Å²) in [7, 11) is 0. The van der Waals surface area contributed by atoms with Crippen LogP contribution in [-0.4, -0.2) is 46.6 Å². The first kappa shape index (κ1) is 18.2. The van der Waals surface area contributed by atoms with Gasteiger partial charge in [0.05, 0.1) is 18.1 Å². The third-order valence-corrected chi connectivity index (χ3v) is 6.32. The minimum Gasteiger partial charge on any atom is -0.330 e. The van der Waals surface area contributed by atoms with Gasteiger partial charge in [-0.15, -0.1) is 0 Å². The highest BCUT2D eigenvalue weighted by atomic mass is 35.5. The van der Waals surface area contributed by atoms with Gasteiger partial charge in [-0.05, 0) is 43.4 Å². The Balaban J connectivity index is 1.45. The van der Waals surface area contributed by atoms with Crippen molar-refractivity contribution in [1.82, 2.24) is 14.9 Å². The molecule has 0 spiro atoms. The molecular formula is C20H24ClN5O. The standard InChI is InChI=1S/C20H24ClN5O/c21-16-3-1-2-15(10-16)20(13-22)6-4-17(5-7-20)25-8-9-26(19(25)27)18-11-23-14-24-12-18/h1-3,10-12,14,17H,4-9,13,22H2/t17-,20-. The van der Waals surface area contributed by atoms with Crippen LogP contribution in [0.1, 0.15) is 31.2 Å².